The van der Waals surface area contributed by atoms with Gasteiger partial charge in [-0.2, -0.15) is 5.10 Å². The fourth-order valence-corrected chi connectivity index (χ4v) is 4.16. The van der Waals surface area contributed by atoms with Gasteiger partial charge in [0.1, 0.15) is 0 Å². The Morgan fingerprint density at radius 2 is 2.04 bits per heavy atom. The van der Waals surface area contributed by atoms with Crippen molar-refractivity contribution in [2.75, 3.05) is 13.2 Å². The summed E-state index contributed by atoms with van der Waals surface area (Å²) in [5.74, 6) is 0. The topological polar surface area (TPSA) is 41.3 Å². The summed E-state index contributed by atoms with van der Waals surface area (Å²) in [5.41, 5.74) is 6.78. The van der Waals surface area contributed by atoms with Crippen LogP contribution in [0, 0.1) is 0 Å². The smallest absolute Gasteiger partial charge is 0.0669 e. The number of rotatable bonds is 7. The van der Waals surface area contributed by atoms with Crippen molar-refractivity contribution >= 4 is 0 Å². The number of aliphatic hydroxyl groups excluding tert-OH is 1. The van der Waals surface area contributed by atoms with E-state index in [4.69, 9.17) is 5.10 Å². The van der Waals surface area contributed by atoms with E-state index in [2.05, 4.69) is 43.0 Å². The minimum Gasteiger partial charge on any atom is -0.395 e. The van der Waals surface area contributed by atoms with E-state index in [1.807, 2.05) is 11.7 Å². The molecule has 1 aliphatic rings. The normalized spacial score (nSPS) is 16.8. The summed E-state index contributed by atoms with van der Waals surface area (Å²) >= 11 is 0. The van der Waals surface area contributed by atoms with Crippen molar-refractivity contribution in [3.05, 3.63) is 52.3 Å². The third-order valence-electron chi connectivity index (χ3n) is 5.32. The summed E-state index contributed by atoms with van der Waals surface area (Å²) in [6, 6.07) is 9.16. The first-order valence-electron chi connectivity index (χ1n) is 9.15. The zero-order valence-electron chi connectivity index (χ0n) is 15.1. The summed E-state index contributed by atoms with van der Waals surface area (Å²) in [4.78, 5) is 2.45. The molecule has 0 radical (unpaired) electrons. The SMILES string of the molecule is CCc1nn(C)c(CC)c1CN(CCO)C1CCc2ccccc21. The highest BCUT2D eigenvalue weighted by Crippen LogP contribution is 2.36. The predicted octanol–water partition coefficient (Wildman–Crippen LogP) is 3.03. The van der Waals surface area contributed by atoms with Crippen LogP contribution in [-0.4, -0.2) is 32.9 Å². The van der Waals surface area contributed by atoms with Crippen LogP contribution in [-0.2, 0) is 32.9 Å². The zero-order valence-corrected chi connectivity index (χ0v) is 15.1. The zero-order chi connectivity index (χ0) is 17.1. The lowest BCUT2D eigenvalue weighted by atomic mass is 10.0. The molecule has 4 nitrogen and oxygen atoms in total. The van der Waals surface area contributed by atoms with Crippen molar-refractivity contribution in [3.8, 4) is 0 Å². The number of aryl methyl sites for hydroxylation is 3. The molecular formula is C20H29N3O. The Morgan fingerprint density at radius 1 is 1.25 bits per heavy atom. The molecule has 0 amide bonds. The predicted molar refractivity (Wildman–Crippen MR) is 97.0 cm³/mol. The highest BCUT2D eigenvalue weighted by atomic mass is 16.3. The summed E-state index contributed by atoms with van der Waals surface area (Å²) in [6.45, 7) is 6.15. The van der Waals surface area contributed by atoms with Gasteiger partial charge in [0.25, 0.3) is 0 Å². The molecule has 1 unspecified atom stereocenters. The van der Waals surface area contributed by atoms with Crippen molar-refractivity contribution in [2.45, 2.75) is 52.1 Å². The second-order valence-corrected chi connectivity index (χ2v) is 6.65. The molecule has 0 spiro atoms. The van der Waals surface area contributed by atoms with Crippen LogP contribution >= 0.6 is 0 Å². The standard InChI is InChI=1S/C20H29N3O/c1-4-18-17(19(5-2)22(3)21-18)14-23(12-13-24)20-11-10-15-8-6-7-9-16(15)20/h6-9,20,24H,4-5,10-14H2,1-3H3. The summed E-state index contributed by atoms with van der Waals surface area (Å²) < 4.78 is 2.04. The Morgan fingerprint density at radius 3 is 2.75 bits per heavy atom. The molecule has 0 aliphatic heterocycles. The fourth-order valence-electron chi connectivity index (χ4n) is 4.16. The maximum atomic E-state index is 9.62. The molecule has 1 atom stereocenters. The first kappa shape index (κ1) is 17.2. The number of hydrogen-bond donors (Lipinski definition) is 1. The first-order chi connectivity index (χ1) is 11.7. The quantitative estimate of drug-likeness (QED) is 0.850. The van der Waals surface area contributed by atoms with E-state index in [0.717, 1.165) is 32.2 Å². The lowest BCUT2D eigenvalue weighted by Gasteiger charge is -2.29. The average Bonchev–Trinajstić information content (AvgIpc) is 3.15. The Bertz CT molecular complexity index is 692. The lowest BCUT2D eigenvalue weighted by Crippen LogP contribution is -2.30. The molecule has 4 heteroatoms. The second-order valence-electron chi connectivity index (χ2n) is 6.65. The van der Waals surface area contributed by atoms with Crippen molar-refractivity contribution in [1.29, 1.82) is 0 Å². The van der Waals surface area contributed by atoms with Crippen LogP contribution in [0.2, 0.25) is 0 Å². The maximum Gasteiger partial charge on any atom is 0.0669 e. The van der Waals surface area contributed by atoms with Crippen LogP contribution in [0.3, 0.4) is 0 Å². The van der Waals surface area contributed by atoms with E-state index in [1.165, 1.54) is 28.1 Å². The van der Waals surface area contributed by atoms with Gasteiger partial charge in [-0.25, -0.2) is 0 Å². The third-order valence-corrected chi connectivity index (χ3v) is 5.32. The van der Waals surface area contributed by atoms with Crippen LogP contribution in [0.4, 0.5) is 0 Å². The number of nitrogens with zero attached hydrogens (tertiary/aromatic N) is 3. The Balaban J connectivity index is 1.91. The van der Waals surface area contributed by atoms with Crippen LogP contribution in [0.15, 0.2) is 24.3 Å². The van der Waals surface area contributed by atoms with Crippen LogP contribution in [0.5, 0.6) is 0 Å². The van der Waals surface area contributed by atoms with E-state index in [9.17, 15) is 5.11 Å². The highest BCUT2D eigenvalue weighted by Gasteiger charge is 2.29. The molecule has 0 bridgehead atoms. The van der Waals surface area contributed by atoms with Crippen molar-refractivity contribution in [3.63, 3.8) is 0 Å². The Kier molecular flexibility index (Phi) is 5.36. The number of hydrogen-bond acceptors (Lipinski definition) is 3. The third kappa shape index (κ3) is 3.13. The van der Waals surface area contributed by atoms with Gasteiger partial charge in [0.2, 0.25) is 0 Å². The van der Waals surface area contributed by atoms with E-state index in [-0.39, 0.29) is 6.61 Å². The van der Waals surface area contributed by atoms with Gasteiger partial charge in [0.15, 0.2) is 0 Å². The molecule has 3 rings (SSSR count). The van der Waals surface area contributed by atoms with Gasteiger partial charge in [0, 0.05) is 37.4 Å². The van der Waals surface area contributed by atoms with Crippen molar-refractivity contribution in [2.24, 2.45) is 7.05 Å². The molecular weight excluding hydrogens is 298 g/mol. The second kappa shape index (κ2) is 7.49. The van der Waals surface area contributed by atoms with Gasteiger partial charge >= 0.3 is 0 Å². The van der Waals surface area contributed by atoms with Gasteiger partial charge in [-0.1, -0.05) is 38.1 Å². The average molecular weight is 327 g/mol. The van der Waals surface area contributed by atoms with Gasteiger partial charge in [-0.05, 0) is 36.8 Å². The molecule has 130 valence electrons. The minimum atomic E-state index is 0.196. The molecule has 1 N–H and O–H groups in total. The summed E-state index contributed by atoms with van der Waals surface area (Å²) in [6.07, 6.45) is 4.23. The maximum absolute atomic E-state index is 9.62. The lowest BCUT2D eigenvalue weighted by molar-refractivity contribution is 0.142. The summed E-state index contributed by atoms with van der Waals surface area (Å²) in [5, 5.41) is 14.3. The molecule has 2 aromatic rings. The van der Waals surface area contributed by atoms with E-state index in [0.29, 0.717) is 12.6 Å². The van der Waals surface area contributed by atoms with Crippen molar-refractivity contribution in [1.82, 2.24) is 14.7 Å². The molecule has 1 aliphatic carbocycles. The monoisotopic (exact) mass is 327 g/mol. The highest BCUT2D eigenvalue weighted by molar-refractivity contribution is 5.35. The Labute approximate surface area is 145 Å². The number of benzene rings is 1. The molecule has 1 aromatic heterocycles. The number of aliphatic hydroxyl groups is 1. The molecule has 1 aromatic carbocycles. The Hall–Kier alpha value is -1.65. The van der Waals surface area contributed by atoms with Crippen molar-refractivity contribution < 1.29 is 5.11 Å². The van der Waals surface area contributed by atoms with Crippen LogP contribution < -0.4 is 0 Å². The fraction of sp³-hybridized carbons (Fsp3) is 0.550. The molecule has 0 saturated heterocycles. The molecule has 24 heavy (non-hydrogen) atoms. The number of aromatic nitrogens is 2. The van der Waals surface area contributed by atoms with Crippen LogP contribution in [0.1, 0.15) is 54.4 Å². The largest absolute Gasteiger partial charge is 0.395 e. The first-order valence-corrected chi connectivity index (χ1v) is 9.15. The van der Waals surface area contributed by atoms with Crippen LogP contribution in [0.25, 0.3) is 0 Å². The number of fused-ring (bicyclic) bond motifs is 1. The van der Waals surface area contributed by atoms with E-state index in [1.54, 1.807) is 0 Å². The molecule has 1 heterocycles. The van der Waals surface area contributed by atoms with Gasteiger partial charge in [0.05, 0.1) is 12.3 Å². The molecule has 0 saturated carbocycles. The van der Waals surface area contributed by atoms with E-state index < -0.39 is 0 Å². The van der Waals surface area contributed by atoms with Gasteiger partial charge in [-0.15, -0.1) is 0 Å². The van der Waals surface area contributed by atoms with Gasteiger partial charge in [-0.3, -0.25) is 9.58 Å². The van der Waals surface area contributed by atoms with E-state index >= 15 is 0 Å². The summed E-state index contributed by atoms with van der Waals surface area (Å²) in [7, 11) is 2.04. The molecule has 0 fully saturated rings. The van der Waals surface area contributed by atoms with Gasteiger partial charge < -0.3 is 5.11 Å². The minimum absolute atomic E-state index is 0.196.